The van der Waals surface area contributed by atoms with Crippen LogP contribution in [0.2, 0.25) is 0 Å². The molecular weight excluding hydrogens is 507 g/mol. The first-order valence-corrected chi connectivity index (χ1v) is 14.9. The van der Waals surface area contributed by atoms with E-state index in [-0.39, 0.29) is 16.9 Å². The van der Waals surface area contributed by atoms with Gasteiger partial charge in [0, 0.05) is 43.5 Å². The average molecular weight is 539 g/mol. The molecule has 0 radical (unpaired) electrons. The molecular formula is C35H31BN2OS. The summed E-state index contributed by atoms with van der Waals surface area (Å²) in [5, 5.41) is 0. The molecule has 1 aromatic heterocycles. The standard InChI is InChI=1S/C35H31BN2OS/c1-22-18-29-32-30(19-22)38(24-14-10-7-11-15-24)33-26(16-17-39-33)36(32)27-20-25-31(40-35(4,5)34(25,2)3)21-28(27)37(29)23-12-8-6-9-13-23/h6-21H,1-5H3. The fraction of sp³-hybridized carbons (Fsp3) is 0.200. The molecule has 5 aromatic rings. The number of hydrogen-bond donors (Lipinski definition) is 0. The second-order valence-corrected chi connectivity index (χ2v) is 14.0. The Balaban J connectivity index is 1.48. The number of benzene rings is 4. The van der Waals surface area contributed by atoms with Gasteiger partial charge >= 0.3 is 0 Å². The molecule has 4 aromatic carbocycles. The first-order valence-electron chi connectivity index (χ1n) is 14.1. The number of para-hydroxylation sites is 2. The minimum absolute atomic E-state index is 0.0416. The van der Waals surface area contributed by atoms with Crippen molar-refractivity contribution in [2.75, 3.05) is 9.80 Å². The Morgan fingerprint density at radius 3 is 2.00 bits per heavy atom. The molecule has 0 saturated carbocycles. The first-order chi connectivity index (χ1) is 19.3. The van der Waals surface area contributed by atoms with Crippen LogP contribution in [0.3, 0.4) is 0 Å². The Bertz CT molecular complexity index is 1810. The van der Waals surface area contributed by atoms with Crippen molar-refractivity contribution >= 4 is 69.2 Å². The lowest BCUT2D eigenvalue weighted by atomic mass is 9.33. The molecule has 0 bridgehead atoms. The summed E-state index contributed by atoms with van der Waals surface area (Å²) in [5.74, 6) is 0.911. The molecule has 3 aliphatic heterocycles. The average Bonchev–Trinajstić information content (AvgIpc) is 3.48. The van der Waals surface area contributed by atoms with Crippen LogP contribution in [0.4, 0.5) is 34.3 Å². The van der Waals surface area contributed by atoms with Gasteiger partial charge in [-0.15, -0.1) is 11.8 Å². The molecule has 0 unspecified atom stereocenters. The van der Waals surface area contributed by atoms with Crippen LogP contribution >= 0.6 is 11.8 Å². The van der Waals surface area contributed by atoms with E-state index in [0.29, 0.717) is 0 Å². The molecule has 0 fully saturated rings. The summed E-state index contributed by atoms with van der Waals surface area (Å²) in [5.41, 5.74) is 12.6. The van der Waals surface area contributed by atoms with Gasteiger partial charge in [-0.1, -0.05) is 56.3 Å². The molecule has 0 amide bonds. The quantitative estimate of drug-likeness (QED) is 0.209. The Hall–Kier alpha value is -3.83. The monoisotopic (exact) mass is 538 g/mol. The van der Waals surface area contributed by atoms with Crippen molar-refractivity contribution in [1.82, 2.24) is 0 Å². The summed E-state index contributed by atoms with van der Waals surface area (Å²) >= 11 is 2.01. The normalized spacial score (nSPS) is 17.3. The van der Waals surface area contributed by atoms with Gasteiger partial charge in [-0.25, -0.2) is 0 Å². The highest BCUT2D eigenvalue weighted by Crippen LogP contribution is 2.57. The number of nitrogens with zero attached hydrogens (tertiary/aromatic N) is 2. The van der Waals surface area contributed by atoms with Crippen LogP contribution in [0.15, 0.2) is 107 Å². The van der Waals surface area contributed by atoms with Gasteiger partial charge in [0.1, 0.15) is 0 Å². The topological polar surface area (TPSA) is 19.6 Å². The van der Waals surface area contributed by atoms with Crippen molar-refractivity contribution in [2.45, 2.75) is 49.7 Å². The summed E-state index contributed by atoms with van der Waals surface area (Å²) in [7, 11) is 0. The number of anilines is 6. The Labute approximate surface area is 240 Å². The fourth-order valence-electron chi connectivity index (χ4n) is 6.85. The molecule has 0 aliphatic carbocycles. The number of furan rings is 1. The van der Waals surface area contributed by atoms with E-state index in [0.717, 1.165) is 11.6 Å². The highest BCUT2D eigenvalue weighted by Gasteiger charge is 2.50. The van der Waals surface area contributed by atoms with E-state index in [1.807, 2.05) is 18.0 Å². The molecule has 3 aliphatic rings. The Morgan fingerprint density at radius 1 is 0.700 bits per heavy atom. The molecule has 0 spiro atoms. The van der Waals surface area contributed by atoms with E-state index in [1.165, 1.54) is 55.2 Å². The molecule has 5 heteroatoms. The molecule has 40 heavy (non-hydrogen) atoms. The Morgan fingerprint density at radius 2 is 1.32 bits per heavy atom. The van der Waals surface area contributed by atoms with Crippen LogP contribution in [0.25, 0.3) is 0 Å². The maximum absolute atomic E-state index is 6.32. The molecule has 4 heterocycles. The van der Waals surface area contributed by atoms with Crippen LogP contribution in [-0.4, -0.2) is 11.5 Å². The van der Waals surface area contributed by atoms with Crippen molar-refractivity contribution in [3.8, 4) is 0 Å². The van der Waals surface area contributed by atoms with Crippen molar-refractivity contribution < 1.29 is 4.42 Å². The molecule has 8 rings (SSSR count). The van der Waals surface area contributed by atoms with Crippen molar-refractivity contribution in [3.05, 3.63) is 108 Å². The number of fused-ring (bicyclic) bond motifs is 5. The zero-order valence-corrected chi connectivity index (χ0v) is 24.3. The predicted molar refractivity (Wildman–Crippen MR) is 170 cm³/mol. The maximum atomic E-state index is 6.32. The van der Waals surface area contributed by atoms with Gasteiger partial charge in [-0.05, 0) is 96.8 Å². The van der Waals surface area contributed by atoms with Crippen LogP contribution in [0.1, 0.15) is 38.8 Å². The summed E-state index contributed by atoms with van der Waals surface area (Å²) < 4.78 is 6.42. The second kappa shape index (κ2) is 8.11. The van der Waals surface area contributed by atoms with Gasteiger partial charge in [-0.2, -0.15) is 0 Å². The molecule has 0 saturated heterocycles. The van der Waals surface area contributed by atoms with Gasteiger partial charge in [0.25, 0.3) is 6.71 Å². The predicted octanol–water partition coefficient (Wildman–Crippen LogP) is 7.83. The van der Waals surface area contributed by atoms with Crippen LogP contribution in [0.5, 0.6) is 0 Å². The summed E-state index contributed by atoms with van der Waals surface area (Å²) in [6, 6.07) is 33.3. The van der Waals surface area contributed by atoms with Gasteiger partial charge in [0.05, 0.1) is 6.26 Å². The van der Waals surface area contributed by atoms with Crippen molar-refractivity contribution in [3.63, 3.8) is 0 Å². The van der Waals surface area contributed by atoms with Crippen molar-refractivity contribution in [1.29, 1.82) is 0 Å². The largest absolute Gasteiger partial charge is 0.449 e. The lowest BCUT2D eigenvalue weighted by Crippen LogP contribution is -2.61. The van der Waals surface area contributed by atoms with E-state index in [2.05, 4.69) is 135 Å². The third-order valence-corrected chi connectivity index (χ3v) is 11.1. The highest BCUT2D eigenvalue weighted by molar-refractivity contribution is 8.01. The summed E-state index contributed by atoms with van der Waals surface area (Å²) in [4.78, 5) is 6.19. The van der Waals surface area contributed by atoms with E-state index >= 15 is 0 Å². The minimum atomic E-state index is 0.0416. The first kappa shape index (κ1) is 24.0. The zero-order chi connectivity index (χ0) is 27.4. The molecule has 0 atom stereocenters. The van der Waals surface area contributed by atoms with Crippen LogP contribution < -0.4 is 26.2 Å². The summed E-state index contributed by atoms with van der Waals surface area (Å²) in [6.07, 6.45) is 1.86. The molecule has 0 N–H and O–H groups in total. The maximum Gasteiger partial charge on any atom is 0.256 e. The fourth-order valence-corrected chi connectivity index (χ4v) is 8.36. The minimum Gasteiger partial charge on any atom is -0.449 e. The lowest BCUT2D eigenvalue weighted by molar-refractivity contribution is 0.421. The lowest BCUT2D eigenvalue weighted by Gasteiger charge is -2.43. The Kier molecular flexibility index (Phi) is 4.87. The third kappa shape index (κ3) is 3.10. The SMILES string of the molecule is Cc1cc2c3c(c1)N(c1ccccc1)c1occc1B3c1cc3c(cc1N2c1ccccc1)SC(C)(C)C3(C)C. The zero-order valence-electron chi connectivity index (χ0n) is 23.5. The van der Waals surface area contributed by atoms with E-state index < -0.39 is 0 Å². The smallest absolute Gasteiger partial charge is 0.256 e. The summed E-state index contributed by atoms with van der Waals surface area (Å²) in [6.45, 7) is 11.9. The molecule has 3 nitrogen and oxygen atoms in total. The van der Waals surface area contributed by atoms with Crippen LogP contribution in [0, 0.1) is 6.92 Å². The van der Waals surface area contributed by atoms with E-state index in [9.17, 15) is 0 Å². The third-order valence-electron chi connectivity index (χ3n) is 9.49. The van der Waals surface area contributed by atoms with E-state index in [4.69, 9.17) is 4.42 Å². The van der Waals surface area contributed by atoms with Gasteiger partial charge in [0.15, 0.2) is 5.88 Å². The van der Waals surface area contributed by atoms with Crippen molar-refractivity contribution in [2.24, 2.45) is 0 Å². The van der Waals surface area contributed by atoms with E-state index in [1.54, 1.807) is 0 Å². The van der Waals surface area contributed by atoms with Gasteiger partial charge in [-0.3, -0.25) is 4.90 Å². The number of hydrogen-bond acceptors (Lipinski definition) is 4. The highest BCUT2D eigenvalue weighted by atomic mass is 32.2. The number of rotatable bonds is 2. The second-order valence-electron chi connectivity index (χ2n) is 12.3. The molecule has 196 valence electrons. The number of aryl methyl sites for hydroxylation is 1. The number of thioether (sulfide) groups is 1. The van der Waals surface area contributed by atoms with Crippen LogP contribution in [-0.2, 0) is 5.41 Å². The van der Waals surface area contributed by atoms with Gasteiger partial charge in [0.2, 0.25) is 0 Å². The van der Waals surface area contributed by atoms with Gasteiger partial charge < -0.3 is 9.32 Å².